The molecule has 0 fully saturated rings. The zero-order valence-corrected chi connectivity index (χ0v) is 9.85. The molecule has 0 aliphatic rings. The lowest BCUT2D eigenvalue weighted by atomic mass is 10.0. The van der Waals surface area contributed by atoms with Crippen molar-refractivity contribution in [1.29, 1.82) is 0 Å². The van der Waals surface area contributed by atoms with Crippen LogP contribution in [0.15, 0.2) is 60.8 Å². The fraction of sp³-hybridized carbons (Fsp3) is 0. The molecule has 0 amide bonds. The monoisotopic (exact) mass is 239 g/mol. The van der Waals surface area contributed by atoms with E-state index in [0.29, 0.717) is 0 Å². The summed E-state index contributed by atoms with van der Waals surface area (Å²) in [5.74, 6) is 0. The van der Waals surface area contributed by atoms with Crippen molar-refractivity contribution in [2.75, 3.05) is 0 Å². The first-order valence-corrected chi connectivity index (χ1v) is 5.83. The van der Waals surface area contributed by atoms with Gasteiger partial charge in [-0.2, -0.15) is 0 Å². The van der Waals surface area contributed by atoms with Crippen molar-refractivity contribution in [3.05, 3.63) is 65.8 Å². The third-order valence-electron chi connectivity index (χ3n) is 2.81. The number of rotatable bonds is 1. The largest absolute Gasteiger partial charge is 0.256 e. The van der Waals surface area contributed by atoms with Gasteiger partial charge in [-0.25, -0.2) is 0 Å². The van der Waals surface area contributed by atoms with Crippen molar-refractivity contribution in [3.63, 3.8) is 0 Å². The molecule has 0 saturated heterocycles. The van der Waals surface area contributed by atoms with Crippen molar-refractivity contribution in [3.8, 4) is 11.1 Å². The molecule has 1 nitrogen and oxygen atoms in total. The van der Waals surface area contributed by atoms with Gasteiger partial charge in [0.05, 0.1) is 5.52 Å². The summed E-state index contributed by atoms with van der Waals surface area (Å²) in [5.41, 5.74) is 3.17. The van der Waals surface area contributed by atoms with Gasteiger partial charge in [-0.1, -0.05) is 48.0 Å². The predicted octanol–water partition coefficient (Wildman–Crippen LogP) is 4.56. The Hall–Kier alpha value is -1.86. The molecule has 3 rings (SSSR count). The highest BCUT2D eigenvalue weighted by molar-refractivity contribution is 6.33. The molecule has 2 heteroatoms. The minimum atomic E-state index is 0.767. The number of fused-ring (bicyclic) bond motifs is 1. The summed E-state index contributed by atoms with van der Waals surface area (Å²) < 4.78 is 0. The van der Waals surface area contributed by atoms with Gasteiger partial charge in [0, 0.05) is 22.2 Å². The molecule has 0 saturated carbocycles. The van der Waals surface area contributed by atoms with E-state index >= 15 is 0 Å². The Bertz CT molecular complexity index is 671. The fourth-order valence-corrected chi connectivity index (χ4v) is 2.25. The molecule has 0 aliphatic heterocycles. The molecular weight excluding hydrogens is 230 g/mol. The highest BCUT2D eigenvalue weighted by Gasteiger charge is 2.06. The molecule has 82 valence electrons. The van der Waals surface area contributed by atoms with E-state index < -0.39 is 0 Å². The van der Waals surface area contributed by atoms with Crippen LogP contribution in [-0.4, -0.2) is 4.98 Å². The van der Waals surface area contributed by atoms with E-state index in [4.69, 9.17) is 11.6 Å². The minimum absolute atomic E-state index is 0.767. The van der Waals surface area contributed by atoms with Crippen molar-refractivity contribution >= 4 is 22.5 Å². The molecule has 1 heterocycles. The van der Waals surface area contributed by atoms with Crippen LogP contribution in [0.4, 0.5) is 0 Å². The van der Waals surface area contributed by atoms with Crippen molar-refractivity contribution < 1.29 is 0 Å². The summed E-state index contributed by atoms with van der Waals surface area (Å²) in [6.45, 7) is 0. The van der Waals surface area contributed by atoms with Crippen LogP contribution in [0.5, 0.6) is 0 Å². The number of nitrogens with zero attached hydrogens (tertiary/aromatic N) is 1. The summed E-state index contributed by atoms with van der Waals surface area (Å²) in [4.78, 5) is 4.35. The topological polar surface area (TPSA) is 12.9 Å². The Morgan fingerprint density at radius 3 is 2.41 bits per heavy atom. The van der Waals surface area contributed by atoms with Gasteiger partial charge < -0.3 is 0 Å². The summed E-state index contributed by atoms with van der Waals surface area (Å²) in [6.07, 6.45) is 1.82. The number of aromatic nitrogens is 1. The lowest BCUT2D eigenvalue weighted by Gasteiger charge is -2.07. The highest BCUT2D eigenvalue weighted by atomic mass is 35.5. The fourth-order valence-electron chi connectivity index (χ4n) is 2.01. The number of hydrogen-bond donors (Lipinski definition) is 0. The van der Waals surface area contributed by atoms with Crippen LogP contribution in [0.25, 0.3) is 22.0 Å². The number of pyridine rings is 1. The first-order valence-electron chi connectivity index (χ1n) is 5.45. The zero-order chi connectivity index (χ0) is 11.7. The molecule has 1 aromatic heterocycles. The summed E-state index contributed by atoms with van der Waals surface area (Å²) >= 11 is 6.24. The van der Waals surface area contributed by atoms with Crippen molar-refractivity contribution in [2.45, 2.75) is 0 Å². The Morgan fingerprint density at radius 2 is 1.53 bits per heavy atom. The van der Waals surface area contributed by atoms with Gasteiger partial charge in [0.1, 0.15) is 0 Å². The van der Waals surface area contributed by atoms with Crippen LogP contribution < -0.4 is 0 Å². The maximum atomic E-state index is 6.24. The van der Waals surface area contributed by atoms with E-state index in [9.17, 15) is 0 Å². The molecule has 2 aromatic carbocycles. The average Bonchev–Trinajstić information content (AvgIpc) is 2.39. The lowest BCUT2D eigenvalue weighted by Crippen LogP contribution is -1.84. The average molecular weight is 240 g/mol. The molecular formula is C15H10ClN. The molecule has 0 unspecified atom stereocenters. The van der Waals surface area contributed by atoms with Gasteiger partial charge in [0.15, 0.2) is 0 Å². The lowest BCUT2D eigenvalue weighted by molar-refractivity contribution is 1.41. The highest BCUT2D eigenvalue weighted by Crippen LogP contribution is 2.32. The predicted molar refractivity (Wildman–Crippen MR) is 72.2 cm³/mol. The van der Waals surface area contributed by atoms with Gasteiger partial charge in [-0.15, -0.1) is 0 Å². The van der Waals surface area contributed by atoms with Gasteiger partial charge in [0.25, 0.3) is 0 Å². The molecule has 0 atom stereocenters. The Kier molecular flexibility index (Phi) is 2.54. The van der Waals surface area contributed by atoms with Crippen LogP contribution in [0.1, 0.15) is 0 Å². The molecule has 0 radical (unpaired) electrons. The SMILES string of the molecule is Clc1ccccc1-c1ccnc2ccccc12. The first kappa shape index (κ1) is 10.3. The van der Waals surface area contributed by atoms with E-state index in [1.54, 1.807) is 0 Å². The van der Waals surface area contributed by atoms with Crippen molar-refractivity contribution in [1.82, 2.24) is 4.98 Å². The van der Waals surface area contributed by atoms with Crippen LogP contribution in [0.3, 0.4) is 0 Å². The van der Waals surface area contributed by atoms with Gasteiger partial charge in [0.2, 0.25) is 0 Å². The number of halogens is 1. The summed E-state index contributed by atoms with van der Waals surface area (Å²) in [5, 5.41) is 1.90. The molecule has 3 aromatic rings. The van der Waals surface area contributed by atoms with Crippen LogP contribution in [0.2, 0.25) is 5.02 Å². The second kappa shape index (κ2) is 4.19. The molecule has 17 heavy (non-hydrogen) atoms. The van der Waals surface area contributed by atoms with Crippen LogP contribution in [-0.2, 0) is 0 Å². The standard InChI is InChI=1S/C15H10ClN/c16-14-7-3-1-5-12(14)11-9-10-17-15-8-4-2-6-13(11)15/h1-10H. The quantitative estimate of drug-likeness (QED) is 0.607. The van der Waals surface area contributed by atoms with E-state index in [1.807, 2.05) is 54.7 Å². The maximum Gasteiger partial charge on any atom is 0.0708 e. The zero-order valence-electron chi connectivity index (χ0n) is 9.10. The second-order valence-corrected chi connectivity index (χ2v) is 4.26. The third-order valence-corrected chi connectivity index (χ3v) is 3.14. The minimum Gasteiger partial charge on any atom is -0.256 e. The Balaban J connectivity index is 2.35. The molecule has 0 aliphatic carbocycles. The maximum absolute atomic E-state index is 6.24. The van der Waals surface area contributed by atoms with E-state index in [2.05, 4.69) is 11.1 Å². The molecule has 0 N–H and O–H groups in total. The van der Waals surface area contributed by atoms with Crippen LogP contribution >= 0.6 is 11.6 Å². The molecule has 0 bridgehead atoms. The summed E-state index contributed by atoms with van der Waals surface area (Å²) in [7, 11) is 0. The number of para-hydroxylation sites is 1. The van der Waals surface area contributed by atoms with E-state index in [0.717, 1.165) is 27.1 Å². The van der Waals surface area contributed by atoms with Crippen LogP contribution in [0, 0.1) is 0 Å². The second-order valence-electron chi connectivity index (χ2n) is 3.86. The third kappa shape index (κ3) is 1.79. The van der Waals surface area contributed by atoms with Gasteiger partial charge in [-0.3, -0.25) is 4.98 Å². The van der Waals surface area contributed by atoms with E-state index in [-0.39, 0.29) is 0 Å². The first-order chi connectivity index (χ1) is 8.36. The number of hydrogen-bond acceptors (Lipinski definition) is 1. The normalized spacial score (nSPS) is 10.6. The van der Waals surface area contributed by atoms with E-state index in [1.165, 1.54) is 0 Å². The Labute approximate surface area is 105 Å². The molecule has 0 spiro atoms. The van der Waals surface area contributed by atoms with Crippen molar-refractivity contribution in [2.24, 2.45) is 0 Å². The summed E-state index contributed by atoms with van der Waals surface area (Å²) in [6, 6.07) is 18.0. The number of benzene rings is 2. The van der Waals surface area contributed by atoms with Gasteiger partial charge in [-0.05, 0) is 23.8 Å². The smallest absolute Gasteiger partial charge is 0.0708 e. The van der Waals surface area contributed by atoms with Gasteiger partial charge >= 0.3 is 0 Å². The Morgan fingerprint density at radius 1 is 0.765 bits per heavy atom.